The fourth-order valence-corrected chi connectivity index (χ4v) is 1.38. The molecule has 6 heteroatoms. The molecule has 1 rings (SSSR count). The molecule has 94 valence electrons. The molecule has 1 aromatic rings. The Hall–Kier alpha value is -1.79. The minimum absolute atomic E-state index is 0.275. The molecule has 0 aliphatic rings. The Morgan fingerprint density at radius 3 is 2.88 bits per heavy atom. The summed E-state index contributed by atoms with van der Waals surface area (Å²) in [6, 6.07) is 4.51. The van der Waals surface area contributed by atoms with Gasteiger partial charge in [0.05, 0.1) is 11.3 Å². The fraction of sp³-hybridized carbons (Fsp3) is 0.364. The van der Waals surface area contributed by atoms with E-state index in [-0.39, 0.29) is 5.75 Å². The number of nitrogens with two attached hydrogens (primary N) is 1. The second-order valence-electron chi connectivity index (χ2n) is 3.51. The van der Waals surface area contributed by atoms with Crippen LogP contribution in [0.2, 0.25) is 0 Å². The van der Waals surface area contributed by atoms with E-state index in [1.54, 1.807) is 0 Å². The van der Waals surface area contributed by atoms with Crippen molar-refractivity contribution in [1.29, 1.82) is 0 Å². The molecular formula is C11H16N2O4. The average Bonchev–Trinajstić information content (AvgIpc) is 2.30. The van der Waals surface area contributed by atoms with Gasteiger partial charge in [0.15, 0.2) is 5.75 Å². The van der Waals surface area contributed by atoms with Crippen LogP contribution in [0.1, 0.15) is 30.1 Å². The second kappa shape index (κ2) is 6.72. The number of primary amides is 1. The lowest BCUT2D eigenvalue weighted by atomic mass is 10.1. The first-order valence-corrected chi connectivity index (χ1v) is 5.34. The molecule has 0 aliphatic carbocycles. The molecule has 0 fully saturated rings. The van der Waals surface area contributed by atoms with Gasteiger partial charge in [0.2, 0.25) is 0 Å². The van der Waals surface area contributed by atoms with E-state index in [9.17, 15) is 4.79 Å². The highest BCUT2D eigenvalue weighted by atomic mass is 17.5. The lowest BCUT2D eigenvalue weighted by molar-refractivity contribution is -0.438. The summed E-state index contributed by atoms with van der Waals surface area (Å²) in [5.41, 5.74) is 6.17. The minimum Gasteiger partial charge on any atom is -0.384 e. The van der Waals surface area contributed by atoms with E-state index in [4.69, 9.17) is 11.0 Å². The van der Waals surface area contributed by atoms with Crippen LogP contribution in [0.5, 0.6) is 5.75 Å². The number of hydrogen-bond donors (Lipinski definition) is 3. The Balaban J connectivity index is 2.86. The Labute approximate surface area is 99.2 Å². The average molecular weight is 240 g/mol. The summed E-state index contributed by atoms with van der Waals surface area (Å²) in [7, 11) is 0. The first-order valence-electron chi connectivity index (χ1n) is 5.34. The van der Waals surface area contributed by atoms with E-state index >= 15 is 0 Å². The standard InChI is InChI=1S/C11H16N2O4/c1-2-3-6-13-10-7-8(16-17-15)4-5-9(10)11(12)14/h4-5,7,13,15H,2-3,6H2,1H3,(H2,12,14). The van der Waals surface area contributed by atoms with Gasteiger partial charge in [0, 0.05) is 12.6 Å². The van der Waals surface area contributed by atoms with Crippen LogP contribution in [-0.2, 0) is 5.04 Å². The summed E-state index contributed by atoms with van der Waals surface area (Å²) in [5, 5.41) is 14.8. The van der Waals surface area contributed by atoms with Crippen molar-refractivity contribution >= 4 is 11.6 Å². The number of unbranched alkanes of at least 4 members (excludes halogenated alkanes) is 1. The quantitative estimate of drug-likeness (QED) is 0.383. The van der Waals surface area contributed by atoms with Crippen molar-refractivity contribution in [2.75, 3.05) is 11.9 Å². The molecule has 0 radical (unpaired) electrons. The third-order valence-corrected chi connectivity index (χ3v) is 2.24. The maximum atomic E-state index is 11.2. The third-order valence-electron chi connectivity index (χ3n) is 2.24. The van der Waals surface area contributed by atoms with Gasteiger partial charge in [-0.25, -0.2) is 5.26 Å². The maximum Gasteiger partial charge on any atom is 0.250 e. The van der Waals surface area contributed by atoms with Crippen molar-refractivity contribution in [3.63, 3.8) is 0 Å². The Morgan fingerprint density at radius 2 is 2.29 bits per heavy atom. The highest BCUT2D eigenvalue weighted by molar-refractivity contribution is 5.98. The van der Waals surface area contributed by atoms with Crippen LogP contribution in [0.3, 0.4) is 0 Å². The fourth-order valence-electron chi connectivity index (χ4n) is 1.38. The smallest absolute Gasteiger partial charge is 0.250 e. The van der Waals surface area contributed by atoms with E-state index in [0.717, 1.165) is 19.4 Å². The Kier molecular flexibility index (Phi) is 5.25. The molecule has 0 aromatic heterocycles. The van der Waals surface area contributed by atoms with Crippen molar-refractivity contribution < 1.29 is 20.0 Å². The highest BCUT2D eigenvalue weighted by Gasteiger charge is 2.09. The first-order chi connectivity index (χ1) is 8.19. The van der Waals surface area contributed by atoms with Gasteiger partial charge in [0.25, 0.3) is 5.91 Å². The van der Waals surface area contributed by atoms with Crippen molar-refractivity contribution in [1.82, 2.24) is 0 Å². The number of nitrogens with one attached hydrogen (secondary N) is 1. The van der Waals surface area contributed by atoms with Crippen LogP contribution >= 0.6 is 0 Å². The molecule has 1 amide bonds. The van der Waals surface area contributed by atoms with Gasteiger partial charge in [-0.2, -0.15) is 0 Å². The summed E-state index contributed by atoms with van der Waals surface area (Å²) in [6.45, 7) is 2.79. The molecule has 4 N–H and O–H groups in total. The van der Waals surface area contributed by atoms with Crippen LogP contribution in [-0.4, -0.2) is 17.7 Å². The summed E-state index contributed by atoms with van der Waals surface area (Å²) < 4.78 is 0. The molecule has 6 nitrogen and oxygen atoms in total. The summed E-state index contributed by atoms with van der Waals surface area (Å²) in [4.78, 5) is 15.6. The van der Waals surface area contributed by atoms with Gasteiger partial charge in [-0.3, -0.25) is 4.79 Å². The number of carbonyl (C=O) groups excluding carboxylic acids is 1. The normalized spacial score (nSPS) is 10.0. The monoisotopic (exact) mass is 240 g/mol. The predicted molar refractivity (Wildman–Crippen MR) is 62.7 cm³/mol. The number of benzene rings is 1. The molecule has 0 bridgehead atoms. The van der Waals surface area contributed by atoms with Crippen molar-refractivity contribution in [3.8, 4) is 5.75 Å². The van der Waals surface area contributed by atoms with Crippen LogP contribution in [0, 0.1) is 0 Å². The van der Waals surface area contributed by atoms with Gasteiger partial charge in [-0.1, -0.05) is 13.3 Å². The summed E-state index contributed by atoms with van der Waals surface area (Å²) in [5.74, 6) is -0.253. The maximum absolute atomic E-state index is 11.2. The lowest BCUT2D eigenvalue weighted by Crippen LogP contribution is -2.15. The van der Waals surface area contributed by atoms with E-state index in [2.05, 4.69) is 22.2 Å². The second-order valence-corrected chi connectivity index (χ2v) is 3.51. The van der Waals surface area contributed by atoms with Crippen molar-refractivity contribution in [3.05, 3.63) is 23.8 Å². The molecule has 0 spiro atoms. The number of rotatable bonds is 7. The van der Waals surface area contributed by atoms with Crippen molar-refractivity contribution in [2.45, 2.75) is 19.8 Å². The Bertz CT molecular complexity index is 382. The zero-order chi connectivity index (χ0) is 12.7. The molecule has 0 atom stereocenters. The largest absolute Gasteiger partial charge is 0.384 e. The van der Waals surface area contributed by atoms with Gasteiger partial charge in [-0.15, -0.1) is 0 Å². The zero-order valence-electron chi connectivity index (χ0n) is 9.60. The van der Waals surface area contributed by atoms with Crippen molar-refractivity contribution in [2.24, 2.45) is 5.73 Å². The number of anilines is 1. The van der Waals surface area contributed by atoms with Gasteiger partial charge < -0.3 is 15.9 Å². The molecule has 0 heterocycles. The van der Waals surface area contributed by atoms with Crippen LogP contribution in [0.25, 0.3) is 0 Å². The Morgan fingerprint density at radius 1 is 1.53 bits per heavy atom. The highest BCUT2D eigenvalue weighted by Crippen LogP contribution is 2.22. The lowest BCUT2D eigenvalue weighted by Gasteiger charge is -2.10. The van der Waals surface area contributed by atoms with Crippen LogP contribution in [0.15, 0.2) is 18.2 Å². The number of amides is 1. The minimum atomic E-state index is -0.527. The molecular weight excluding hydrogens is 224 g/mol. The molecule has 1 aromatic carbocycles. The predicted octanol–water partition coefficient (Wildman–Crippen LogP) is 1.78. The molecule has 0 unspecified atom stereocenters. The molecule has 0 saturated carbocycles. The van der Waals surface area contributed by atoms with E-state index < -0.39 is 5.91 Å². The van der Waals surface area contributed by atoms with Gasteiger partial charge >= 0.3 is 0 Å². The van der Waals surface area contributed by atoms with Gasteiger partial charge in [-0.05, 0) is 23.6 Å². The van der Waals surface area contributed by atoms with Crippen LogP contribution in [0.4, 0.5) is 5.69 Å². The summed E-state index contributed by atoms with van der Waals surface area (Å²) in [6.07, 6.45) is 2.01. The SMILES string of the molecule is CCCCNc1cc(OOO)ccc1C(N)=O. The third kappa shape index (κ3) is 3.93. The topological polar surface area (TPSA) is 93.8 Å². The summed E-state index contributed by atoms with van der Waals surface area (Å²) >= 11 is 0. The number of carbonyl (C=O) groups is 1. The van der Waals surface area contributed by atoms with E-state index in [0.29, 0.717) is 11.3 Å². The zero-order valence-corrected chi connectivity index (χ0v) is 9.60. The van der Waals surface area contributed by atoms with Gasteiger partial charge in [0.1, 0.15) is 0 Å². The van der Waals surface area contributed by atoms with E-state index in [1.165, 1.54) is 18.2 Å². The first kappa shape index (κ1) is 13.3. The molecule has 17 heavy (non-hydrogen) atoms. The molecule has 0 aliphatic heterocycles. The van der Waals surface area contributed by atoms with E-state index in [1.807, 2.05) is 0 Å². The number of hydrogen-bond acceptors (Lipinski definition) is 5. The van der Waals surface area contributed by atoms with Crippen LogP contribution < -0.4 is 15.9 Å². The molecule has 0 saturated heterocycles.